The molecule has 0 unspecified atom stereocenters. The number of carbonyl (C=O) groups is 1. The first kappa shape index (κ1) is 16.4. The Morgan fingerprint density at radius 3 is 2.58 bits per heavy atom. The first-order valence-electron chi connectivity index (χ1n) is 8.31. The van der Waals surface area contributed by atoms with E-state index in [4.69, 9.17) is 4.74 Å². The third kappa shape index (κ3) is 4.54. The van der Waals surface area contributed by atoms with Crippen molar-refractivity contribution in [3.8, 4) is 5.88 Å². The number of rotatable bonds is 5. The van der Waals surface area contributed by atoms with Gasteiger partial charge in [0.25, 0.3) is 0 Å². The van der Waals surface area contributed by atoms with Crippen LogP contribution in [0.1, 0.15) is 31.2 Å². The van der Waals surface area contributed by atoms with Crippen LogP contribution in [0.4, 0.5) is 4.39 Å². The molecule has 1 aliphatic carbocycles. The van der Waals surface area contributed by atoms with Gasteiger partial charge in [0.2, 0.25) is 11.8 Å². The predicted octanol–water partition coefficient (Wildman–Crippen LogP) is 3.27. The monoisotopic (exact) mass is 328 g/mol. The summed E-state index contributed by atoms with van der Waals surface area (Å²) in [6.07, 6.45) is 5.41. The SMILES string of the molecule is O=C(Cc1ccccc1F)NC1CCC(Oc2ccccn2)CC1. The maximum atomic E-state index is 13.6. The summed E-state index contributed by atoms with van der Waals surface area (Å²) in [5.74, 6) is 0.179. The zero-order chi connectivity index (χ0) is 16.8. The van der Waals surface area contributed by atoms with Crippen LogP contribution in [0.25, 0.3) is 0 Å². The molecule has 4 nitrogen and oxygen atoms in total. The van der Waals surface area contributed by atoms with Gasteiger partial charge in [-0.1, -0.05) is 24.3 Å². The molecule has 24 heavy (non-hydrogen) atoms. The lowest BCUT2D eigenvalue weighted by atomic mass is 9.92. The molecule has 1 fully saturated rings. The van der Waals surface area contributed by atoms with E-state index in [9.17, 15) is 9.18 Å². The third-order valence-corrected chi connectivity index (χ3v) is 4.27. The normalized spacial score (nSPS) is 20.4. The second-order valence-electron chi connectivity index (χ2n) is 6.10. The number of pyridine rings is 1. The van der Waals surface area contributed by atoms with Crippen molar-refractivity contribution in [3.05, 3.63) is 60.0 Å². The Labute approximate surface area is 141 Å². The van der Waals surface area contributed by atoms with Crippen LogP contribution >= 0.6 is 0 Å². The van der Waals surface area contributed by atoms with E-state index in [2.05, 4.69) is 10.3 Å². The Bertz CT molecular complexity index is 670. The van der Waals surface area contributed by atoms with Crippen LogP contribution in [0.3, 0.4) is 0 Å². The number of hydrogen-bond donors (Lipinski definition) is 1. The van der Waals surface area contributed by atoms with Gasteiger partial charge in [-0.05, 0) is 43.4 Å². The van der Waals surface area contributed by atoms with Gasteiger partial charge in [0.15, 0.2) is 0 Å². The highest BCUT2D eigenvalue weighted by molar-refractivity contribution is 5.78. The standard InChI is InChI=1S/C19H21FN2O2/c20-17-6-2-1-5-14(17)13-18(23)22-15-8-10-16(11-9-15)24-19-7-3-4-12-21-19/h1-7,12,15-16H,8-11,13H2,(H,22,23). The molecule has 1 saturated carbocycles. The van der Waals surface area contributed by atoms with Gasteiger partial charge in [-0.2, -0.15) is 0 Å². The molecule has 5 heteroatoms. The fourth-order valence-corrected chi connectivity index (χ4v) is 3.01. The molecule has 0 radical (unpaired) electrons. The third-order valence-electron chi connectivity index (χ3n) is 4.27. The molecule has 1 aromatic heterocycles. The first-order valence-corrected chi connectivity index (χ1v) is 8.31. The van der Waals surface area contributed by atoms with Crippen LogP contribution in [0.5, 0.6) is 5.88 Å². The van der Waals surface area contributed by atoms with E-state index in [0.717, 1.165) is 25.7 Å². The number of nitrogens with one attached hydrogen (secondary N) is 1. The van der Waals surface area contributed by atoms with Gasteiger partial charge in [0, 0.05) is 18.3 Å². The molecule has 0 saturated heterocycles. The summed E-state index contributed by atoms with van der Waals surface area (Å²) in [5, 5.41) is 3.00. The van der Waals surface area contributed by atoms with E-state index in [1.165, 1.54) is 6.07 Å². The molecule has 126 valence electrons. The molecule has 1 N–H and O–H groups in total. The van der Waals surface area contributed by atoms with Crippen molar-refractivity contribution in [2.75, 3.05) is 0 Å². The van der Waals surface area contributed by atoms with Crippen LogP contribution in [0.2, 0.25) is 0 Å². The molecular formula is C19H21FN2O2. The van der Waals surface area contributed by atoms with Crippen molar-refractivity contribution < 1.29 is 13.9 Å². The lowest BCUT2D eigenvalue weighted by Gasteiger charge is -2.29. The topological polar surface area (TPSA) is 51.2 Å². The van der Waals surface area contributed by atoms with Crippen LogP contribution in [0.15, 0.2) is 48.7 Å². The summed E-state index contributed by atoms with van der Waals surface area (Å²) >= 11 is 0. The number of carbonyl (C=O) groups excluding carboxylic acids is 1. The molecule has 1 heterocycles. The van der Waals surface area contributed by atoms with Gasteiger partial charge in [-0.15, -0.1) is 0 Å². The van der Waals surface area contributed by atoms with Gasteiger partial charge in [0.1, 0.15) is 11.9 Å². The van der Waals surface area contributed by atoms with E-state index < -0.39 is 0 Å². The number of halogens is 1. The highest BCUT2D eigenvalue weighted by Crippen LogP contribution is 2.23. The zero-order valence-electron chi connectivity index (χ0n) is 13.5. The number of hydrogen-bond acceptors (Lipinski definition) is 3. The molecule has 0 bridgehead atoms. The van der Waals surface area contributed by atoms with Crippen LogP contribution < -0.4 is 10.1 Å². The van der Waals surface area contributed by atoms with E-state index in [-0.39, 0.29) is 30.3 Å². The summed E-state index contributed by atoms with van der Waals surface area (Å²) in [6.45, 7) is 0. The second kappa shape index (κ2) is 7.90. The molecule has 1 amide bonds. The van der Waals surface area contributed by atoms with E-state index in [1.807, 2.05) is 18.2 Å². The molecule has 1 aliphatic rings. The van der Waals surface area contributed by atoms with Gasteiger partial charge in [0.05, 0.1) is 6.42 Å². The van der Waals surface area contributed by atoms with Gasteiger partial charge >= 0.3 is 0 Å². The zero-order valence-corrected chi connectivity index (χ0v) is 13.5. The van der Waals surface area contributed by atoms with Crippen molar-refractivity contribution in [2.24, 2.45) is 0 Å². The Kier molecular flexibility index (Phi) is 5.41. The smallest absolute Gasteiger partial charge is 0.224 e. The second-order valence-corrected chi connectivity index (χ2v) is 6.10. The van der Waals surface area contributed by atoms with E-state index >= 15 is 0 Å². The molecule has 2 aromatic rings. The fourth-order valence-electron chi connectivity index (χ4n) is 3.01. The minimum atomic E-state index is -0.333. The van der Waals surface area contributed by atoms with Gasteiger partial charge < -0.3 is 10.1 Å². The van der Waals surface area contributed by atoms with Crippen LogP contribution in [-0.2, 0) is 11.2 Å². The maximum Gasteiger partial charge on any atom is 0.224 e. The summed E-state index contributed by atoms with van der Waals surface area (Å²) in [5.41, 5.74) is 0.433. The van der Waals surface area contributed by atoms with E-state index in [0.29, 0.717) is 11.4 Å². The maximum absolute atomic E-state index is 13.6. The highest BCUT2D eigenvalue weighted by atomic mass is 19.1. The number of aromatic nitrogens is 1. The van der Waals surface area contributed by atoms with Crippen molar-refractivity contribution in [1.82, 2.24) is 10.3 Å². The number of ether oxygens (including phenoxy) is 1. The summed E-state index contributed by atoms with van der Waals surface area (Å²) in [7, 11) is 0. The fraction of sp³-hybridized carbons (Fsp3) is 0.368. The minimum absolute atomic E-state index is 0.0804. The number of amides is 1. The Balaban J connectivity index is 1.43. The predicted molar refractivity (Wildman–Crippen MR) is 89.2 cm³/mol. The van der Waals surface area contributed by atoms with Crippen molar-refractivity contribution in [3.63, 3.8) is 0 Å². The summed E-state index contributed by atoms with van der Waals surface area (Å²) < 4.78 is 19.4. The summed E-state index contributed by atoms with van der Waals surface area (Å²) in [6, 6.07) is 12.1. The average molecular weight is 328 g/mol. The molecular weight excluding hydrogens is 307 g/mol. The van der Waals surface area contributed by atoms with Crippen molar-refractivity contribution in [1.29, 1.82) is 0 Å². The molecule has 0 aliphatic heterocycles. The van der Waals surface area contributed by atoms with Gasteiger partial charge in [-0.3, -0.25) is 4.79 Å². The molecule has 1 aromatic carbocycles. The average Bonchev–Trinajstić information content (AvgIpc) is 2.60. The quantitative estimate of drug-likeness (QED) is 0.916. The lowest BCUT2D eigenvalue weighted by molar-refractivity contribution is -0.121. The van der Waals surface area contributed by atoms with Gasteiger partial charge in [-0.25, -0.2) is 9.37 Å². The molecule has 3 rings (SSSR count). The van der Waals surface area contributed by atoms with E-state index in [1.54, 1.807) is 24.4 Å². The number of benzene rings is 1. The Hall–Kier alpha value is -2.43. The Morgan fingerprint density at radius 1 is 1.12 bits per heavy atom. The lowest BCUT2D eigenvalue weighted by Crippen LogP contribution is -2.40. The Morgan fingerprint density at radius 2 is 1.88 bits per heavy atom. The van der Waals surface area contributed by atoms with Crippen molar-refractivity contribution in [2.45, 2.75) is 44.2 Å². The summed E-state index contributed by atoms with van der Waals surface area (Å²) in [4.78, 5) is 16.3. The van der Waals surface area contributed by atoms with Crippen LogP contribution in [0, 0.1) is 5.82 Å². The number of nitrogens with zero attached hydrogens (tertiary/aromatic N) is 1. The highest BCUT2D eigenvalue weighted by Gasteiger charge is 2.24. The first-order chi connectivity index (χ1) is 11.7. The largest absolute Gasteiger partial charge is 0.474 e. The molecule has 0 spiro atoms. The van der Waals surface area contributed by atoms with Crippen molar-refractivity contribution >= 4 is 5.91 Å². The molecule has 0 atom stereocenters. The van der Waals surface area contributed by atoms with Crippen LogP contribution in [-0.4, -0.2) is 23.0 Å². The minimum Gasteiger partial charge on any atom is -0.474 e.